The number of sulfone groups is 1. The van der Waals surface area contributed by atoms with Crippen molar-refractivity contribution in [3.8, 4) is 0 Å². The van der Waals surface area contributed by atoms with Gasteiger partial charge in [0, 0.05) is 39.1 Å². The zero-order chi connectivity index (χ0) is 19.2. The maximum absolute atomic E-state index is 12.5. The summed E-state index contributed by atoms with van der Waals surface area (Å²) in [4.78, 5) is 22.3. The highest BCUT2D eigenvalue weighted by Crippen LogP contribution is 2.33. The monoisotopic (exact) mass is 397 g/mol. The molecule has 2 atom stereocenters. The van der Waals surface area contributed by atoms with Crippen LogP contribution in [0.5, 0.6) is 0 Å². The lowest BCUT2D eigenvalue weighted by molar-refractivity contribution is 0.0502. The number of amides is 2. The zero-order valence-electron chi connectivity index (χ0n) is 15.9. The van der Waals surface area contributed by atoms with Crippen LogP contribution >= 0.6 is 0 Å². The molecule has 1 aliphatic carbocycles. The lowest BCUT2D eigenvalue weighted by Gasteiger charge is -2.44. The summed E-state index contributed by atoms with van der Waals surface area (Å²) < 4.78 is 30.0. The van der Waals surface area contributed by atoms with Gasteiger partial charge in [-0.3, -0.25) is 4.90 Å². The molecule has 2 amide bonds. The Labute approximate surface area is 159 Å². The van der Waals surface area contributed by atoms with Gasteiger partial charge in [-0.15, -0.1) is 0 Å². The fraction of sp³-hybridized carbons (Fsp3) is 0.824. The van der Waals surface area contributed by atoms with Gasteiger partial charge >= 0.3 is 6.03 Å². The van der Waals surface area contributed by atoms with E-state index < -0.39 is 9.84 Å². The molecule has 3 heterocycles. The van der Waals surface area contributed by atoms with Gasteiger partial charge in [-0.05, 0) is 12.8 Å². The summed E-state index contributed by atoms with van der Waals surface area (Å²) in [5.74, 6) is 1.77. The number of rotatable bonds is 3. The molecule has 1 saturated carbocycles. The van der Waals surface area contributed by atoms with Crippen LogP contribution in [0, 0.1) is 0 Å². The first-order valence-electron chi connectivity index (χ1n) is 9.59. The van der Waals surface area contributed by atoms with Crippen LogP contribution in [0.15, 0.2) is 4.52 Å². The summed E-state index contributed by atoms with van der Waals surface area (Å²) in [6.07, 6.45) is 4.59. The van der Waals surface area contributed by atoms with E-state index in [1.165, 1.54) is 17.7 Å². The number of carbonyl (C=O) groups is 1. The molecule has 9 nitrogen and oxygen atoms in total. The normalized spacial score (nSPS) is 28.4. The van der Waals surface area contributed by atoms with Crippen molar-refractivity contribution in [3.05, 3.63) is 11.7 Å². The fourth-order valence-electron chi connectivity index (χ4n) is 4.57. The number of carbonyl (C=O) groups excluding carboxylic acids is 1. The Morgan fingerprint density at radius 3 is 2.59 bits per heavy atom. The third-order valence-corrected chi connectivity index (χ3v) is 7.65. The SMILES string of the molecule is CN(C)C(=O)N1CCN(Cc2noc(C3CCCC3)n2)[C@H]2CS(=O)(=O)C[C@H]21. The molecule has 27 heavy (non-hydrogen) atoms. The second-order valence-electron chi connectivity index (χ2n) is 8.08. The van der Waals surface area contributed by atoms with Crippen LogP contribution in [-0.4, -0.2) is 90.1 Å². The van der Waals surface area contributed by atoms with Gasteiger partial charge in [0.1, 0.15) is 0 Å². The quantitative estimate of drug-likeness (QED) is 0.740. The van der Waals surface area contributed by atoms with Crippen molar-refractivity contribution < 1.29 is 17.7 Å². The minimum atomic E-state index is -3.17. The molecule has 150 valence electrons. The molecule has 0 radical (unpaired) electrons. The van der Waals surface area contributed by atoms with Crippen LogP contribution < -0.4 is 0 Å². The van der Waals surface area contributed by atoms with Crippen LogP contribution in [-0.2, 0) is 16.4 Å². The third kappa shape index (κ3) is 3.69. The van der Waals surface area contributed by atoms with Gasteiger partial charge in [0.2, 0.25) is 5.89 Å². The highest BCUT2D eigenvalue weighted by Gasteiger charge is 2.48. The summed E-state index contributed by atoms with van der Waals surface area (Å²) in [5, 5.41) is 4.12. The minimum Gasteiger partial charge on any atom is -0.339 e. The molecule has 2 aliphatic heterocycles. The number of hydrogen-bond donors (Lipinski definition) is 0. The van der Waals surface area contributed by atoms with Gasteiger partial charge in [0.15, 0.2) is 15.7 Å². The number of fused-ring (bicyclic) bond motifs is 1. The lowest BCUT2D eigenvalue weighted by atomic mass is 10.1. The Kier molecular flexibility index (Phi) is 4.87. The van der Waals surface area contributed by atoms with Crippen molar-refractivity contribution in [1.29, 1.82) is 0 Å². The van der Waals surface area contributed by atoms with Crippen LogP contribution in [0.3, 0.4) is 0 Å². The van der Waals surface area contributed by atoms with Gasteiger partial charge in [-0.25, -0.2) is 13.2 Å². The first-order valence-corrected chi connectivity index (χ1v) is 11.4. The number of hydrogen-bond acceptors (Lipinski definition) is 7. The highest BCUT2D eigenvalue weighted by molar-refractivity contribution is 7.91. The zero-order valence-corrected chi connectivity index (χ0v) is 16.7. The molecule has 10 heteroatoms. The van der Waals surface area contributed by atoms with E-state index in [4.69, 9.17) is 4.52 Å². The first-order chi connectivity index (χ1) is 12.8. The molecule has 0 unspecified atom stereocenters. The van der Waals surface area contributed by atoms with Crippen molar-refractivity contribution in [2.24, 2.45) is 0 Å². The van der Waals surface area contributed by atoms with Gasteiger partial charge in [0.25, 0.3) is 0 Å². The summed E-state index contributed by atoms with van der Waals surface area (Å²) in [7, 11) is 0.211. The molecular weight excluding hydrogens is 370 g/mol. The topological polar surface area (TPSA) is 99.8 Å². The number of nitrogens with zero attached hydrogens (tertiary/aromatic N) is 5. The predicted octanol–water partition coefficient (Wildman–Crippen LogP) is 0.692. The number of piperazine rings is 1. The third-order valence-electron chi connectivity index (χ3n) is 5.95. The summed E-state index contributed by atoms with van der Waals surface area (Å²) >= 11 is 0. The molecule has 0 aromatic carbocycles. The Hall–Kier alpha value is -1.68. The second kappa shape index (κ2) is 7.05. The van der Waals surface area contributed by atoms with Crippen molar-refractivity contribution in [2.75, 3.05) is 38.7 Å². The average Bonchev–Trinajstić information content (AvgIpc) is 3.32. The standard InChI is InChI=1S/C17H27N5O4S/c1-20(2)17(23)22-8-7-21(13-10-27(24,25)11-14(13)22)9-15-18-16(26-19-15)12-5-3-4-6-12/h12-14H,3-11H2,1-2H3/t13-,14+/m0/s1. The maximum atomic E-state index is 12.5. The van der Waals surface area contributed by atoms with Crippen molar-refractivity contribution in [2.45, 2.75) is 50.2 Å². The molecule has 0 N–H and O–H groups in total. The summed E-state index contributed by atoms with van der Waals surface area (Å²) in [6, 6.07) is -0.675. The molecule has 2 saturated heterocycles. The molecular formula is C17H27N5O4S. The van der Waals surface area contributed by atoms with Crippen LogP contribution in [0.4, 0.5) is 4.79 Å². The van der Waals surface area contributed by atoms with E-state index in [-0.39, 0.29) is 29.6 Å². The highest BCUT2D eigenvalue weighted by atomic mass is 32.2. The Morgan fingerprint density at radius 2 is 1.89 bits per heavy atom. The van der Waals surface area contributed by atoms with Crippen molar-refractivity contribution in [1.82, 2.24) is 24.8 Å². The van der Waals surface area contributed by atoms with Gasteiger partial charge < -0.3 is 14.3 Å². The van der Waals surface area contributed by atoms with E-state index in [1.807, 2.05) is 0 Å². The van der Waals surface area contributed by atoms with Crippen molar-refractivity contribution in [3.63, 3.8) is 0 Å². The minimum absolute atomic E-state index is 0.0211. The molecule has 3 aliphatic rings. The van der Waals surface area contributed by atoms with Gasteiger partial charge in [-0.1, -0.05) is 18.0 Å². The smallest absolute Gasteiger partial charge is 0.319 e. The number of aromatic nitrogens is 2. The molecule has 0 spiro atoms. The maximum Gasteiger partial charge on any atom is 0.319 e. The largest absolute Gasteiger partial charge is 0.339 e. The number of urea groups is 1. The molecule has 1 aromatic heterocycles. The summed E-state index contributed by atoms with van der Waals surface area (Å²) in [5.41, 5.74) is 0. The van der Waals surface area contributed by atoms with E-state index in [9.17, 15) is 13.2 Å². The Morgan fingerprint density at radius 1 is 1.19 bits per heavy atom. The van der Waals surface area contributed by atoms with Crippen LogP contribution in [0.2, 0.25) is 0 Å². The van der Waals surface area contributed by atoms with Crippen LogP contribution in [0.25, 0.3) is 0 Å². The van der Waals surface area contributed by atoms with E-state index >= 15 is 0 Å². The summed E-state index contributed by atoms with van der Waals surface area (Å²) in [6.45, 7) is 1.56. The van der Waals surface area contributed by atoms with E-state index in [0.29, 0.717) is 37.3 Å². The molecule has 1 aromatic rings. The van der Waals surface area contributed by atoms with Crippen molar-refractivity contribution >= 4 is 15.9 Å². The first kappa shape index (κ1) is 18.7. The van der Waals surface area contributed by atoms with Crippen LogP contribution in [0.1, 0.15) is 43.3 Å². The van der Waals surface area contributed by atoms with Gasteiger partial charge in [0.05, 0.1) is 24.1 Å². The second-order valence-corrected chi connectivity index (χ2v) is 10.2. The van der Waals surface area contributed by atoms with E-state index in [1.54, 1.807) is 19.0 Å². The van der Waals surface area contributed by atoms with E-state index in [2.05, 4.69) is 15.0 Å². The average molecular weight is 398 g/mol. The molecule has 3 fully saturated rings. The Balaban J connectivity index is 1.50. The van der Waals surface area contributed by atoms with E-state index in [0.717, 1.165) is 12.8 Å². The molecule has 4 rings (SSSR count). The predicted molar refractivity (Wildman–Crippen MR) is 97.9 cm³/mol. The Bertz CT molecular complexity index is 802. The lowest BCUT2D eigenvalue weighted by Crippen LogP contribution is -2.61. The van der Waals surface area contributed by atoms with Gasteiger partial charge in [-0.2, -0.15) is 4.98 Å². The molecule has 0 bridgehead atoms. The fourth-order valence-corrected chi connectivity index (χ4v) is 6.58.